The highest BCUT2D eigenvalue weighted by Crippen LogP contribution is 2.49. The molecule has 25 heavy (non-hydrogen) atoms. The quantitative estimate of drug-likeness (QED) is 0.737. The van der Waals surface area contributed by atoms with Gasteiger partial charge in [-0.1, -0.05) is 30.3 Å². The van der Waals surface area contributed by atoms with Crippen LogP contribution in [0.15, 0.2) is 48.5 Å². The van der Waals surface area contributed by atoms with Crippen LogP contribution >= 0.6 is 0 Å². The van der Waals surface area contributed by atoms with Crippen LogP contribution in [0.1, 0.15) is 29.0 Å². The fourth-order valence-corrected chi connectivity index (χ4v) is 3.02. The molecule has 1 saturated carbocycles. The Labute approximate surface area is 143 Å². The van der Waals surface area contributed by atoms with Crippen molar-refractivity contribution in [2.24, 2.45) is 5.92 Å². The molecule has 0 bridgehead atoms. The number of alkyl halides is 3. The maximum Gasteiger partial charge on any atom is 0.416 e. The molecular weight excluding hydrogens is 334 g/mol. The van der Waals surface area contributed by atoms with Crippen LogP contribution in [0.4, 0.5) is 17.6 Å². The largest absolute Gasteiger partial charge is 0.416 e. The Bertz CT molecular complexity index is 770. The van der Waals surface area contributed by atoms with Gasteiger partial charge in [0.25, 0.3) is 0 Å². The Hall–Kier alpha value is -2.37. The molecule has 2 aromatic rings. The van der Waals surface area contributed by atoms with Gasteiger partial charge in [0.05, 0.1) is 5.56 Å². The van der Waals surface area contributed by atoms with Crippen LogP contribution in [0.25, 0.3) is 0 Å². The van der Waals surface area contributed by atoms with Gasteiger partial charge in [0, 0.05) is 19.5 Å². The number of hydrogen-bond acceptors (Lipinski definition) is 1. The molecule has 6 heteroatoms. The molecule has 0 N–H and O–H groups in total. The molecular formula is C19H17F4NO. The molecule has 0 spiro atoms. The van der Waals surface area contributed by atoms with Crippen molar-refractivity contribution in [1.82, 2.24) is 4.90 Å². The lowest BCUT2D eigenvalue weighted by Crippen LogP contribution is -2.28. The number of carbonyl (C=O) groups is 1. The van der Waals surface area contributed by atoms with E-state index in [1.54, 1.807) is 25.2 Å². The molecule has 0 heterocycles. The number of rotatable bonds is 4. The number of carbonyl (C=O) groups excluding carboxylic acids is 1. The first-order valence-corrected chi connectivity index (χ1v) is 7.93. The van der Waals surface area contributed by atoms with Gasteiger partial charge in [0.15, 0.2) is 0 Å². The molecule has 1 aliphatic rings. The second-order valence-electron chi connectivity index (χ2n) is 6.36. The Morgan fingerprint density at radius 3 is 2.36 bits per heavy atom. The minimum absolute atomic E-state index is 0.117. The highest BCUT2D eigenvalue weighted by Gasteiger charge is 2.46. The minimum atomic E-state index is -4.37. The van der Waals surface area contributed by atoms with E-state index in [0.29, 0.717) is 17.5 Å². The molecule has 2 nitrogen and oxygen atoms in total. The molecule has 1 aliphatic carbocycles. The first-order valence-electron chi connectivity index (χ1n) is 7.93. The van der Waals surface area contributed by atoms with E-state index in [4.69, 9.17) is 0 Å². The van der Waals surface area contributed by atoms with Gasteiger partial charge in [0.1, 0.15) is 5.82 Å². The van der Waals surface area contributed by atoms with E-state index >= 15 is 0 Å². The SMILES string of the molecule is CN(Cc1ccc(C(F)(F)F)cc1)C(=O)C1CC1c1ccccc1F. The summed E-state index contributed by atoms with van der Waals surface area (Å²) in [4.78, 5) is 13.9. The highest BCUT2D eigenvalue weighted by molar-refractivity contribution is 5.82. The Balaban J connectivity index is 1.62. The van der Waals surface area contributed by atoms with E-state index < -0.39 is 11.7 Å². The number of nitrogens with zero attached hydrogens (tertiary/aromatic N) is 1. The summed E-state index contributed by atoms with van der Waals surface area (Å²) in [6, 6.07) is 11.2. The van der Waals surface area contributed by atoms with Crippen LogP contribution < -0.4 is 0 Å². The maximum atomic E-state index is 13.8. The fourth-order valence-electron chi connectivity index (χ4n) is 3.02. The maximum absolute atomic E-state index is 13.8. The normalized spacial score (nSPS) is 19.6. The first-order chi connectivity index (χ1) is 11.8. The van der Waals surface area contributed by atoms with Gasteiger partial charge in [-0.3, -0.25) is 4.79 Å². The predicted molar refractivity (Wildman–Crippen MR) is 85.2 cm³/mol. The van der Waals surface area contributed by atoms with Gasteiger partial charge < -0.3 is 4.90 Å². The summed E-state index contributed by atoms with van der Waals surface area (Å²) in [6.07, 6.45) is -3.78. The lowest BCUT2D eigenvalue weighted by Gasteiger charge is -2.18. The average molecular weight is 351 g/mol. The van der Waals surface area contributed by atoms with Gasteiger partial charge in [0.2, 0.25) is 5.91 Å². The summed E-state index contributed by atoms with van der Waals surface area (Å²) in [5.41, 5.74) is 0.447. The molecule has 1 amide bonds. The summed E-state index contributed by atoms with van der Waals surface area (Å²) in [5.74, 6) is -0.818. The molecule has 3 rings (SSSR count). The minimum Gasteiger partial charge on any atom is -0.341 e. The lowest BCUT2D eigenvalue weighted by atomic mass is 10.1. The standard InChI is InChI=1S/C19H17F4NO/c1-24(11-12-6-8-13(9-7-12)19(21,22)23)18(25)16-10-15(16)14-4-2-3-5-17(14)20/h2-9,15-16H,10-11H2,1H3. The Morgan fingerprint density at radius 1 is 1.12 bits per heavy atom. The van der Waals surface area contributed by atoms with Gasteiger partial charge in [-0.25, -0.2) is 4.39 Å². The molecule has 0 saturated heterocycles. The van der Waals surface area contributed by atoms with Crippen LogP contribution in [0.5, 0.6) is 0 Å². The van der Waals surface area contributed by atoms with Crippen molar-refractivity contribution in [3.63, 3.8) is 0 Å². The number of amides is 1. The predicted octanol–water partition coefficient (Wildman–Crippen LogP) is 4.61. The molecule has 132 valence electrons. The zero-order valence-corrected chi connectivity index (χ0v) is 13.6. The van der Waals surface area contributed by atoms with E-state index in [-0.39, 0.29) is 30.1 Å². The topological polar surface area (TPSA) is 20.3 Å². The molecule has 0 aromatic heterocycles. The summed E-state index contributed by atoms with van der Waals surface area (Å²) in [6.45, 7) is 0.220. The molecule has 2 atom stereocenters. The van der Waals surface area contributed by atoms with Crippen molar-refractivity contribution in [3.05, 3.63) is 71.0 Å². The molecule has 2 aromatic carbocycles. The fraction of sp³-hybridized carbons (Fsp3) is 0.316. The van der Waals surface area contributed by atoms with Crippen LogP contribution in [-0.2, 0) is 17.5 Å². The second kappa shape index (κ2) is 6.50. The third kappa shape index (κ3) is 3.83. The van der Waals surface area contributed by atoms with Crippen LogP contribution in [-0.4, -0.2) is 17.9 Å². The van der Waals surface area contributed by atoms with Gasteiger partial charge >= 0.3 is 6.18 Å². The summed E-state index contributed by atoms with van der Waals surface area (Å²) < 4.78 is 51.5. The smallest absolute Gasteiger partial charge is 0.341 e. The Kier molecular flexibility index (Phi) is 4.54. The van der Waals surface area contributed by atoms with Gasteiger partial charge in [-0.2, -0.15) is 13.2 Å². The van der Waals surface area contributed by atoms with E-state index in [1.807, 2.05) is 0 Å². The van der Waals surface area contributed by atoms with Crippen molar-refractivity contribution in [2.45, 2.75) is 25.1 Å². The number of benzene rings is 2. The van der Waals surface area contributed by atoms with E-state index in [2.05, 4.69) is 0 Å². The van der Waals surface area contributed by atoms with E-state index in [9.17, 15) is 22.4 Å². The summed E-state index contributed by atoms with van der Waals surface area (Å²) in [5, 5.41) is 0. The van der Waals surface area contributed by atoms with Crippen molar-refractivity contribution in [3.8, 4) is 0 Å². The molecule has 1 fully saturated rings. The second-order valence-corrected chi connectivity index (χ2v) is 6.36. The van der Waals surface area contributed by atoms with Crippen LogP contribution in [0.2, 0.25) is 0 Å². The number of halogens is 4. The summed E-state index contributed by atoms with van der Waals surface area (Å²) >= 11 is 0. The van der Waals surface area contributed by atoms with Gasteiger partial charge in [-0.05, 0) is 41.7 Å². The first kappa shape index (κ1) is 17.5. The molecule has 2 unspecified atom stereocenters. The van der Waals surface area contributed by atoms with E-state index in [1.165, 1.54) is 23.1 Å². The molecule has 0 radical (unpaired) electrons. The monoisotopic (exact) mass is 351 g/mol. The van der Waals surface area contributed by atoms with Crippen molar-refractivity contribution in [2.75, 3.05) is 7.05 Å². The van der Waals surface area contributed by atoms with Crippen LogP contribution in [0, 0.1) is 11.7 Å². The summed E-state index contributed by atoms with van der Waals surface area (Å²) in [7, 11) is 1.61. The van der Waals surface area contributed by atoms with E-state index in [0.717, 1.165) is 12.1 Å². The third-order valence-electron chi connectivity index (χ3n) is 4.49. The zero-order valence-electron chi connectivity index (χ0n) is 13.6. The highest BCUT2D eigenvalue weighted by atomic mass is 19.4. The Morgan fingerprint density at radius 2 is 1.76 bits per heavy atom. The third-order valence-corrected chi connectivity index (χ3v) is 4.49. The zero-order chi connectivity index (χ0) is 18.2. The van der Waals surface area contributed by atoms with Crippen molar-refractivity contribution in [1.29, 1.82) is 0 Å². The average Bonchev–Trinajstić information content (AvgIpc) is 3.34. The molecule has 0 aliphatic heterocycles. The van der Waals surface area contributed by atoms with Crippen molar-refractivity contribution < 1.29 is 22.4 Å². The van der Waals surface area contributed by atoms with Crippen LogP contribution in [0.3, 0.4) is 0 Å². The van der Waals surface area contributed by atoms with Gasteiger partial charge in [-0.15, -0.1) is 0 Å². The van der Waals surface area contributed by atoms with Crippen molar-refractivity contribution >= 4 is 5.91 Å². The lowest BCUT2D eigenvalue weighted by molar-refractivity contribution is -0.137. The number of hydrogen-bond donors (Lipinski definition) is 0.